The molecule has 108 valence electrons. The number of rotatable bonds is 8. The number of nitrogens with zero attached hydrogens (tertiary/aromatic N) is 1. The molecule has 0 radical (unpaired) electrons. The van der Waals surface area contributed by atoms with Crippen LogP contribution in [-0.2, 0) is 4.74 Å². The average molecular weight is 256 g/mol. The van der Waals surface area contributed by atoms with Gasteiger partial charge in [-0.05, 0) is 79.1 Å². The van der Waals surface area contributed by atoms with Crippen molar-refractivity contribution in [1.29, 1.82) is 0 Å². The zero-order chi connectivity index (χ0) is 13.2. The zero-order valence-corrected chi connectivity index (χ0v) is 12.6. The second kappa shape index (κ2) is 9.76. The van der Waals surface area contributed by atoms with Gasteiger partial charge in [0.05, 0.1) is 6.10 Å². The van der Waals surface area contributed by atoms with Crippen LogP contribution >= 0.6 is 0 Å². The first-order valence-corrected chi connectivity index (χ1v) is 7.73. The van der Waals surface area contributed by atoms with Gasteiger partial charge in [0.15, 0.2) is 0 Å². The minimum Gasteiger partial charge on any atom is -0.379 e. The Morgan fingerprint density at radius 1 is 1.17 bits per heavy atom. The standard InChI is InChI=1S/C15H32N2O/c1-14(2)18-13-6-4-5-10-17-11-7-8-15(16-3)9-12-17/h14-16H,4-13H2,1-3H3. The third kappa shape index (κ3) is 7.34. The summed E-state index contributed by atoms with van der Waals surface area (Å²) in [4.78, 5) is 2.64. The van der Waals surface area contributed by atoms with E-state index < -0.39 is 0 Å². The van der Waals surface area contributed by atoms with E-state index in [1.807, 2.05) is 0 Å². The van der Waals surface area contributed by atoms with Crippen LogP contribution in [0.3, 0.4) is 0 Å². The number of hydrogen-bond acceptors (Lipinski definition) is 3. The lowest BCUT2D eigenvalue weighted by molar-refractivity contribution is 0.0753. The van der Waals surface area contributed by atoms with E-state index in [9.17, 15) is 0 Å². The molecule has 1 heterocycles. The monoisotopic (exact) mass is 256 g/mol. The maximum Gasteiger partial charge on any atom is 0.0518 e. The number of unbranched alkanes of at least 4 members (excludes halogenated alkanes) is 2. The van der Waals surface area contributed by atoms with Crippen LogP contribution in [0.15, 0.2) is 0 Å². The fraction of sp³-hybridized carbons (Fsp3) is 1.00. The van der Waals surface area contributed by atoms with Gasteiger partial charge >= 0.3 is 0 Å². The van der Waals surface area contributed by atoms with E-state index in [2.05, 4.69) is 31.1 Å². The van der Waals surface area contributed by atoms with Crippen molar-refractivity contribution < 1.29 is 4.74 Å². The molecule has 0 amide bonds. The van der Waals surface area contributed by atoms with Crippen molar-refractivity contribution in [3.05, 3.63) is 0 Å². The number of nitrogens with one attached hydrogen (secondary N) is 1. The van der Waals surface area contributed by atoms with Crippen LogP contribution in [0, 0.1) is 0 Å². The molecule has 1 N–H and O–H groups in total. The molecule has 3 nitrogen and oxygen atoms in total. The summed E-state index contributed by atoms with van der Waals surface area (Å²) in [7, 11) is 2.09. The van der Waals surface area contributed by atoms with Crippen LogP contribution in [0.25, 0.3) is 0 Å². The lowest BCUT2D eigenvalue weighted by Gasteiger charge is -2.20. The van der Waals surface area contributed by atoms with Crippen molar-refractivity contribution in [2.45, 2.75) is 64.5 Å². The van der Waals surface area contributed by atoms with Crippen LogP contribution < -0.4 is 5.32 Å². The first-order chi connectivity index (χ1) is 8.72. The van der Waals surface area contributed by atoms with Crippen LogP contribution in [0.1, 0.15) is 52.4 Å². The molecule has 1 aliphatic rings. The van der Waals surface area contributed by atoms with Crippen LogP contribution in [-0.4, -0.2) is 50.3 Å². The predicted octanol–water partition coefficient (Wildman–Crippen LogP) is 2.66. The van der Waals surface area contributed by atoms with E-state index in [4.69, 9.17) is 4.74 Å². The van der Waals surface area contributed by atoms with E-state index in [1.54, 1.807) is 0 Å². The summed E-state index contributed by atoms with van der Waals surface area (Å²) in [6.07, 6.45) is 8.23. The second-order valence-electron chi connectivity index (χ2n) is 5.74. The maximum atomic E-state index is 5.56. The molecule has 0 aliphatic carbocycles. The van der Waals surface area contributed by atoms with E-state index in [0.717, 1.165) is 12.6 Å². The lowest BCUT2D eigenvalue weighted by atomic mass is 10.1. The Hall–Kier alpha value is -0.120. The van der Waals surface area contributed by atoms with Gasteiger partial charge < -0.3 is 15.0 Å². The highest BCUT2D eigenvalue weighted by molar-refractivity contribution is 4.73. The molecule has 1 saturated heterocycles. The van der Waals surface area contributed by atoms with E-state index in [0.29, 0.717) is 6.10 Å². The summed E-state index contributed by atoms with van der Waals surface area (Å²) < 4.78 is 5.56. The second-order valence-corrected chi connectivity index (χ2v) is 5.74. The largest absolute Gasteiger partial charge is 0.379 e. The highest BCUT2D eigenvalue weighted by Gasteiger charge is 2.14. The first-order valence-electron chi connectivity index (χ1n) is 7.73. The van der Waals surface area contributed by atoms with Crippen molar-refractivity contribution in [2.24, 2.45) is 0 Å². The quantitative estimate of drug-likeness (QED) is 0.676. The lowest BCUT2D eigenvalue weighted by Crippen LogP contribution is -2.29. The van der Waals surface area contributed by atoms with Gasteiger partial charge in [-0.2, -0.15) is 0 Å². The molecule has 1 unspecified atom stereocenters. The fourth-order valence-electron chi connectivity index (χ4n) is 2.60. The predicted molar refractivity (Wildman–Crippen MR) is 78.1 cm³/mol. The molecule has 0 aromatic carbocycles. The third-order valence-corrected chi connectivity index (χ3v) is 3.80. The molecule has 3 heteroatoms. The van der Waals surface area contributed by atoms with Gasteiger partial charge in [0.25, 0.3) is 0 Å². The van der Waals surface area contributed by atoms with Crippen molar-refractivity contribution in [2.75, 3.05) is 33.3 Å². The van der Waals surface area contributed by atoms with E-state index in [-0.39, 0.29) is 0 Å². The van der Waals surface area contributed by atoms with E-state index >= 15 is 0 Å². The SMILES string of the molecule is CNC1CCCN(CCCCCOC(C)C)CC1. The van der Waals surface area contributed by atoms with Crippen molar-refractivity contribution in [3.8, 4) is 0 Å². The van der Waals surface area contributed by atoms with Gasteiger partial charge in [0.2, 0.25) is 0 Å². The van der Waals surface area contributed by atoms with Gasteiger partial charge in [-0.1, -0.05) is 0 Å². The Bertz CT molecular complexity index is 197. The van der Waals surface area contributed by atoms with Gasteiger partial charge in [-0.3, -0.25) is 0 Å². The van der Waals surface area contributed by atoms with Crippen LogP contribution in [0.2, 0.25) is 0 Å². The van der Waals surface area contributed by atoms with Crippen molar-refractivity contribution in [3.63, 3.8) is 0 Å². The van der Waals surface area contributed by atoms with Crippen molar-refractivity contribution >= 4 is 0 Å². The number of likely N-dealkylation sites (tertiary alicyclic amines) is 1. The minimum absolute atomic E-state index is 0.383. The first kappa shape index (κ1) is 15.9. The minimum atomic E-state index is 0.383. The Labute approximate surface area is 113 Å². The average Bonchev–Trinajstić information content (AvgIpc) is 2.58. The summed E-state index contributed by atoms with van der Waals surface area (Å²) >= 11 is 0. The van der Waals surface area contributed by atoms with Gasteiger partial charge in [0, 0.05) is 12.6 Å². The van der Waals surface area contributed by atoms with E-state index in [1.165, 1.54) is 58.2 Å². The molecule has 0 saturated carbocycles. The molecular formula is C15H32N2O. The van der Waals surface area contributed by atoms with Crippen LogP contribution in [0.4, 0.5) is 0 Å². The summed E-state index contributed by atoms with van der Waals surface area (Å²) in [5.41, 5.74) is 0. The molecule has 0 aromatic heterocycles. The summed E-state index contributed by atoms with van der Waals surface area (Å²) in [5, 5.41) is 3.42. The smallest absolute Gasteiger partial charge is 0.0518 e. The molecule has 1 rings (SSSR count). The maximum absolute atomic E-state index is 5.56. The summed E-state index contributed by atoms with van der Waals surface area (Å²) in [6.45, 7) is 8.98. The Kier molecular flexibility index (Phi) is 8.64. The summed E-state index contributed by atoms with van der Waals surface area (Å²) in [5.74, 6) is 0. The Morgan fingerprint density at radius 2 is 2.00 bits per heavy atom. The normalized spacial score (nSPS) is 22.3. The zero-order valence-electron chi connectivity index (χ0n) is 12.6. The third-order valence-electron chi connectivity index (χ3n) is 3.80. The molecule has 0 bridgehead atoms. The molecule has 18 heavy (non-hydrogen) atoms. The highest BCUT2D eigenvalue weighted by Crippen LogP contribution is 2.11. The Balaban J connectivity index is 1.98. The number of hydrogen-bond donors (Lipinski definition) is 1. The Morgan fingerprint density at radius 3 is 2.72 bits per heavy atom. The topological polar surface area (TPSA) is 24.5 Å². The molecule has 0 aromatic rings. The molecule has 1 fully saturated rings. The van der Waals surface area contributed by atoms with Crippen LogP contribution in [0.5, 0.6) is 0 Å². The number of ether oxygens (including phenoxy) is 1. The highest BCUT2D eigenvalue weighted by atomic mass is 16.5. The molecule has 1 atom stereocenters. The van der Waals surface area contributed by atoms with Gasteiger partial charge in [-0.15, -0.1) is 0 Å². The van der Waals surface area contributed by atoms with Crippen molar-refractivity contribution in [1.82, 2.24) is 10.2 Å². The molecule has 0 spiro atoms. The molecule has 1 aliphatic heterocycles. The van der Waals surface area contributed by atoms with Gasteiger partial charge in [-0.25, -0.2) is 0 Å². The fourth-order valence-corrected chi connectivity index (χ4v) is 2.60. The van der Waals surface area contributed by atoms with Gasteiger partial charge in [0.1, 0.15) is 0 Å². The summed E-state index contributed by atoms with van der Waals surface area (Å²) in [6, 6.07) is 0.745. The molecular weight excluding hydrogens is 224 g/mol.